The fraction of sp³-hybridized carbons (Fsp3) is 0.231. The highest BCUT2D eigenvalue weighted by Gasteiger charge is 2.06. The highest BCUT2D eigenvalue weighted by molar-refractivity contribution is 5.75. The summed E-state index contributed by atoms with van der Waals surface area (Å²) in [5.41, 5.74) is 3.82. The Labute approximate surface area is 94.7 Å². The molecule has 3 nitrogen and oxygen atoms in total. The minimum Gasteiger partial charge on any atom is -0.296 e. The fourth-order valence-corrected chi connectivity index (χ4v) is 1.73. The van der Waals surface area contributed by atoms with Crippen molar-refractivity contribution in [2.24, 2.45) is 7.05 Å². The van der Waals surface area contributed by atoms with Crippen LogP contribution in [0.2, 0.25) is 0 Å². The van der Waals surface area contributed by atoms with Crippen molar-refractivity contribution in [2.75, 3.05) is 0 Å². The van der Waals surface area contributed by atoms with Gasteiger partial charge in [0.15, 0.2) is 6.29 Å². The Balaban J connectivity index is 2.41. The summed E-state index contributed by atoms with van der Waals surface area (Å²) in [7, 11) is 1.84. The average molecular weight is 214 g/mol. The molecule has 2 rings (SSSR count). The van der Waals surface area contributed by atoms with Gasteiger partial charge in [0.1, 0.15) is 5.69 Å². The van der Waals surface area contributed by atoms with Gasteiger partial charge in [0, 0.05) is 7.05 Å². The molecule has 0 aliphatic carbocycles. The molecule has 16 heavy (non-hydrogen) atoms. The van der Waals surface area contributed by atoms with Crippen LogP contribution in [0.15, 0.2) is 30.3 Å². The maximum absolute atomic E-state index is 10.6. The number of rotatable bonds is 3. The van der Waals surface area contributed by atoms with Gasteiger partial charge < -0.3 is 0 Å². The number of carbonyl (C=O) groups is 1. The maximum Gasteiger partial charge on any atom is 0.170 e. The molecule has 1 aromatic heterocycles. The third kappa shape index (κ3) is 1.89. The van der Waals surface area contributed by atoms with E-state index in [9.17, 15) is 4.79 Å². The van der Waals surface area contributed by atoms with Crippen LogP contribution in [0.4, 0.5) is 0 Å². The smallest absolute Gasteiger partial charge is 0.170 e. The summed E-state index contributed by atoms with van der Waals surface area (Å²) in [4.78, 5) is 10.6. The van der Waals surface area contributed by atoms with E-state index in [0.29, 0.717) is 5.69 Å². The van der Waals surface area contributed by atoms with Gasteiger partial charge >= 0.3 is 0 Å². The highest BCUT2D eigenvalue weighted by atomic mass is 16.1. The number of aldehydes is 1. The minimum absolute atomic E-state index is 0.470. The van der Waals surface area contributed by atoms with Crippen LogP contribution in [-0.4, -0.2) is 16.1 Å². The van der Waals surface area contributed by atoms with Gasteiger partial charge in [0.05, 0.1) is 5.69 Å². The number of aryl methyl sites for hydroxylation is 2. The van der Waals surface area contributed by atoms with Gasteiger partial charge in [-0.25, -0.2) is 0 Å². The Morgan fingerprint density at radius 1 is 1.31 bits per heavy atom. The first-order valence-corrected chi connectivity index (χ1v) is 5.33. The van der Waals surface area contributed by atoms with E-state index in [-0.39, 0.29) is 0 Å². The van der Waals surface area contributed by atoms with E-state index in [0.717, 1.165) is 24.0 Å². The van der Waals surface area contributed by atoms with Gasteiger partial charge in [0.25, 0.3) is 0 Å². The van der Waals surface area contributed by atoms with Crippen molar-refractivity contribution in [1.82, 2.24) is 9.78 Å². The Hall–Kier alpha value is -1.90. The van der Waals surface area contributed by atoms with Crippen molar-refractivity contribution in [1.29, 1.82) is 0 Å². The lowest BCUT2D eigenvalue weighted by Gasteiger charge is -2.02. The Bertz CT molecular complexity index is 497. The summed E-state index contributed by atoms with van der Waals surface area (Å²) >= 11 is 0. The predicted octanol–water partition coefficient (Wildman–Crippen LogP) is 2.46. The normalized spacial score (nSPS) is 10.4. The Kier molecular flexibility index (Phi) is 2.86. The summed E-state index contributed by atoms with van der Waals surface area (Å²) in [5.74, 6) is 0. The zero-order chi connectivity index (χ0) is 11.5. The minimum atomic E-state index is 0.470. The van der Waals surface area contributed by atoms with E-state index in [1.54, 1.807) is 10.7 Å². The first kappa shape index (κ1) is 10.6. The first-order chi connectivity index (χ1) is 7.74. The summed E-state index contributed by atoms with van der Waals surface area (Å²) in [6.45, 7) is 2.13. The standard InChI is InChI=1S/C13H14N2O/c1-3-10-4-6-11(7-5-10)13-8-12(9-16)14-15(13)2/h4-9H,3H2,1-2H3. The van der Waals surface area contributed by atoms with E-state index in [2.05, 4.69) is 36.3 Å². The number of hydrogen-bond donors (Lipinski definition) is 0. The molecule has 3 heteroatoms. The SMILES string of the molecule is CCc1ccc(-c2cc(C=O)nn2C)cc1. The van der Waals surface area contributed by atoms with E-state index >= 15 is 0 Å². The zero-order valence-electron chi connectivity index (χ0n) is 9.47. The molecule has 1 heterocycles. The molecule has 0 saturated carbocycles. The van der Waals surface area contributed by atoms with Crippen molar-refractivity contribution in [3.05, 3.63) is 41.6 Å². The van der Waals surface area contributed by atoms with Crippen LogP contribution in [0.25, 0.3) is 11.3 Å². The molecule has 0 aliphatic heterocycles. The van der Waals surface area contributed by atoms with Crippen LogP contribution in [0.1, 0.15) is 23.0 Å². The van der Waals surface area contributed by atoms with Gasteiger partial charge in [0.2, 0.25) is 0 Å². The van der Waals surface area contributed by atoms with Crippen molar-refractivity contribution in [3.8, 4) is 11.3 Å². The van der Waals surface area contributed by atoms with Gasteiger partial charge in [-0.1, -0.05) is 31.2 Å². The van der Waals surface area contributed by atoms with Gasteiger partial charge in [-0.3, -0.25) is 9.48 Å². The third-order valence-corrected chi connectivity index (χ3v) is 2.68. The summed E-state index contributed by atoms with van der Waals surface area (Å²) in [6, 6.07) is 10.1. The van der Waals surface area contributed by atoms with E-state index < -0.39 is 0 Å². The number of benzene rings is 1. The molecule has 0 fully saturated rings. The predicted molar refractivity (Wildman–Crippen MR) is 63.4 cm³/mol. The first-order valence-electron chi connectivity index (χ1n) is 5.33. The molecule has 0 unspecified atom stereocenters. The van der Waals surface area contributed by atoms with Crippen molar-refractivity contribution < 1.29 is 4.79 Å². The fourth-order valence-electron chi connectivity index (χ4n) is 1.73. The molecule has 2 aromatic rings. The van der Waals surface area contributed by atoms with Crippen LogP contribution in [0.3, 0.4) is 0 Å². The second-order valence-electron chi connectivity index (χ2n) is 3.75. The van der Waals surface area contributed by atoms with Crippen LogP contribution in [0, 0.1) is 0 Å². The third-order valence-electron chi connectivity index (χ3n) is 2.68. The molecular formula is C13H14N2O. The number of aromatic nitrogens is 2. The summed E-state index contributed by atoms with van der Waals surface area (Å²) in [5, 5.41) is 4.10. The molecular weight excluding hydrogens is 200 g/mol. The molecule has 0 spiro atoms. The monoisotopic (exact) mass is 214 g/mol. The molecule has 1 aromatic carbocycles. The molecule has 0 aliphatic rings. The topological polar surface area (TPSA) is 34.9 Å². The van der Waals surface area contributed by atoms with Crippen LogP contribution in [-0.2, 0) is 13.5 Å². The second kappa shape index (κ2) is 4.31. The van der Waals surface area contributed by atoms with Gasteiger partial charge in [-0.05, 0) is 23.6 Å². The summed E-state index contributed by atoms with van der Waals surface area (Å²) < 4.78 is 1.73. The lowest BCUT2D eigenvalue weighted by atomic mass is 10.1. The quantitative estimate of drug-likeness (QED) is 0.736. The van der Waals surface area contributed by atoms with Crippen molar-refractivity contribution in [3.63, 3.8) is 0 Å². The van der Waals surface area contributed by atoms with Crippen molar-refractivity contribution >= 4 is 6.29 Å². The average Bonchev–Trinajstić information content (AvgIpc) is 2.71. The molecule has 0 radical (unpaired) electrons. The molecule has 0 N–H and O–H groups in total. The van der Waals surface area contributed by atoms with Gasteiger partial charge in [-0.15, -0.1) is 0 Å². The van der Waals surface area contributed by atoms with E-state index in [4.69, 9.17) is 0 Å². The largest absolute Gasteiger partial charge is 0.296 e. The molecule has 82 valence electrons. The maximum atomic E-state index is 10.6. The highest BCUT2D eigenvalue weighted by Crippen LogP contribution is 2.20. The number of carbonyl (C=O) groups excluding carboxylic acids is 1. The van der Waals surface area contributed by atoms with Gasteiger partial charge in [-0.2, -0.15) is 5.10 Å². The Morgan fingerprint density at radius 2 is 2.00 bits per heavy atom. The second-order valence-corrected chi connectivity index (χ2v) is 3.75. The molecule has 0 bridgehead atoms. The summed E-state index contributed by atoms with van der Waals surface area (Å²) in [6.07, 6.45) is 1.80. The zero-order valence-corrected chi connectivity index (χ0v) is 9.47. The van der Waals surface area contributed by atoms with Crippen molar-refractivity contribution in [2.45, 2.75) is 13.3 Å². The number of hydrogen-bond acceptors (Lipinski definition) is 2. The molecule has 0 saturated heterocycles. The van der Waals surface area contributed by atoms with Crippen LogP contribution >= 0.6 is 0 Å². The lowest BCUT2D eigenvalue weighted by Crippen LogP contribution is -1.94. The van der Waals surface area contributed by atoms with E-state index in [1.165, 1.54) is 5.56 Å². The Morgan fingerprint density at radius 3 is 2.50 bits per heavy atom. The molecule has 0 amide bonds. The van der Waals surface area contributed by atoms with Crippen LogP contribution in [0.5, 0.6) is 0 Å². The molecule has 0 atom stereocenters. The number of nitrogens with zero attached hydrogens (tertiary/aromatic N) is 2. The van der Waals surface area contributed by atoms with Crippen LogP contribution < -0.4 is 0 Å². The van der Waals surface area contributed by atoms with E-state index in [1.807, 2.05) is 7.05 Å². The lowest BCUT2D eigenvalue weighted by molar-refractivity contribution is 0.111.